The van der Waals surface area contributed by atoms with Crippen molar-refractivity contribution in [2.45, 2.75) is 46.7 Å². The van der Waals surface area contributed by atoms with Crippen LogP contribution in [0.2, 0.25) is 0 Å². The van der Waals surface area contributed by atoms with Crippen LogP contribution in [0.15, 0.2) is 42.5 Å². The van der Waals surface area contributed by atoms with Gasteiger partial charge >= 0.3 is 0 Å². The molecule has 1 atom stereocenters. The fraction of sp³-hybridized carbons (Fsp3) is 0.391. The molecular weight excluding hydrogens is 352 g/mol. The Morgan fingerprint density at radius 1 is 1.07 bits per heavy atom. The lowest BCUT2D eigenvalue weighted by molar-refractivity contribution is -0.142. The van der Waals surface area contributed by atoms with Crippen molar-refractivity contribution in [1.82, 2.24) is 10.2 Å². The first-order valence-corrected chi connectivity index (χ1v) is 9.63. The van der Waals surface area contributed by atoms with Crippen LogP contribution < -0.4 is 10.1 Å². The highest BCUT2D eigenvalue weighted by Gasteiger charge is 2.28. The van der Waals surface area contributed by atoms with Crippen molar-refractivity contribution >= 4 is 11.8 Å². The second-order valence-corrected chi connectivity index (χ2v) is 7.04. The molecule has 0 aliphatic carbocycles. The highest BCUT2D eigenvalue weighted by Crippen LogP contribution is 2.20. The zero-order valence-corrected chi connectivity index (χ0v) is 17.4. The van der Waals surface area contributed by atoms with E-state index in [9.17, 15) is 9.59 Å². The molecule has 0 saturated carbocycles. The van der Waals surface area contributed by atoms with Crippen molar-refractivity contribution in [3.8, 4) is 5.75 Å². The topological polar surface area (TPSA) is 58.6 Å². The molecule has 1 N–H and O–H groups in total. The number of likely N-dealkylation sites (N-methyl/N-ethyl adjacent to an activating group) is 1. The number of ether oxygens (including phenoxy) is 1. The maximum absolute atomic E-state index is 13.1. The zero-order valence-electron chi connectivity index (χ0n) is 17.4. The van der Waals surface area contributed by atoms with Gasteiger partial charge in [0, 0.05) is 13.6 Å². The molecule has 0 fully saturated rings. The largest absolute Gasteiger partial charge is 0.483 e. The third kappa shape index (κ3) is 5.35. The van der Waals surface area contributed by atoms with Crippen molar-refractivity contribution in [3.05, 3.63) is 64.7 Å². The summed E-state index contributed by atoms with van der Waals surface area (Å²) in [5.41, 5.74) is 4.15. The Labute approximate surface area is 167 Å². The minimum absolute atomic E-state index is 0.107. The first kappa shape index (κ1) is 21.5. The molecule has 0 saturated heterocycles. The lowest BCUT2D eigenvalue weighted by atomic mass is 10.1. The van der Waals surface area contributed by atoms with Gasteiger partial charge in [-0.25, -0.2) is 0 Å². The molecule has 0 aliphatic rings. The number of amides is 2. The van der Waals surface area contributed by atoms with E-state index >= 15 is 0 Å². The fourth-order valence-corrected chi connectivity index (χ4v) is 3.14. The lowest BCUT2D eigenvalue weighted by Crippen LogP contribution is -2.49. The van der Waals surface area contributed by atoms with Gasteiger partial charge in [-0.3, -0.25) is 9.59 Å². The van der Waals surface area contributed by atoms with Crippen molar-refractivity contribution in [3.63, 3.8) is 0 Å². The molecule has 2 rings (SSSR count). The normalized spacial score (nSPS) is 11.6. The maximum Gasteiger partial charge on any atom is 0.261 e. The highest BCUT2D eigenvalue weighted by atomic mass is 16.5. The van der Waals surface area contributed by atoms with E-state index in [0.717, 1.165) is 22.3 Å². The third-order valence-corrected chi connectivity index (χ3v) is 4.93. The number of hydrogen-bond acceptors (Lipinski definition) is 3. The Morgan fingerprint density at radius 2 is 1.79 bits per heavy atom. The Balaban J connectivity index is 2.24. The van der Waals surface area contributed by atoms with Gasteiger partial charge in [0.1, 0.15) is 11.8 Å². The van der Waals surface area contributed by atoms with Gasteiger partial charge < -0.3 is 15.0 Å². The average molecular weight is 383 g/mol. The third-order valence-electron chi connectivity index (χ3n) is 4.93. The van der Waals surface area contributed by atoms with Crippen LogP contribution in [-0.2, 0) is 16.1 Å². The van der Waals surface area contributed by atoms with Crippen LogP contribution in [-0.4, -0.2) is 36.4 Å². The molecule has 5 heteroatoms. The minimum Gasteiger partial charge on any atom is -0.483 e. The quantitative estimate of drug-likeness (QED) is 0.760. The van der Waals surface area contributed by atoms with E-state index in [1.807, 2.05) is 70.2 Å². The van der Waals surface area contributed by atoms with E-state index in [1.165, 1.54) is 0 Å². The van der Waals surface area contributed by atoms with E-state index in [-0.39, 0.29) is 18.4 Å². The van der Waals surface area contributed by atoms with Crippen LogP contribution in [0.4, 0.5) is 0 Å². The van der Waals surface area contributed by atoms with Gasteiger partial charge in [0.2, 0.25) is 5.91 Å². The Kier molecular flexibility index (Phi) is 7.61. The van der Waals surface area contributed by atoms with E-state index in [2.05, 4.69) is 5.32 Å². The van der Waals surface area contributed by atoms with E-state index in [4.69, 9.17) is 4.74 Å². The monoisotopic (exact) mass is 382 g/mol. The summed E-state index contributed by atoms with van der Waals surface area (Å²) in [6.07, 6.45) is 0.529. The molecule has 150 valence electrons. The SMILES string of the molecule is CC[C@@H](C(=O)NC)N(Cc1ccccc1C)C(=O)COc1cc(C)ccc1C. The van der Waals surface area contributed by atoms with Gasteiger partial charge in [-0.2, -0.15) is 0 Å². The van der Waals surface area contributed by atoms with Gasteiger partial charge in [0.25, 0.3) is 5.91 Å². The molecule has 28 heavy (non-hydrogen) atoms. The second kappa shape index (κ2) is 9.93. The number of nitrogens with zero attached hydrogens (tertiary/aromatic N) is 1. The zero-order chi connectivity index (χ0) is 20.7. The summed E-state index contributed by atoms with van der Waals surface area (Å²) in [6.45, 7) is 8.10. The summed E-state index contributed by atoms with van der Waals surface area (Å²) in [5.74, 6) is 0.313. The summed E-state index contributed by atoms with van der Waals surface area (Å²) in [7, 11) is 1.59. The molecule has 2 aromatic carbocycles. The van der Waals surface area contributed by atoms with Crippen molar-refractivity contribution in [2.24, 2.45) is 0 Å². The number of aryl methyl sites for hydroxylation is 3. The van der Waals surface area contributed by atoms with Crippen LogP contribution in [0.3, 0.4) is 0 Å². The van der Waals surface area contributed by atoms with Crippen molar-refractivity contribution in [2.75, 3.05) is 13.7 Å². The Bertz CT molecular complexity index is 832. The number of rotatable bonds is 8. The molecule has 0 aromatic heterocycles. The molecule has 0 aliphatic heterocycles. The van der Waals surface area contributed by atoms with Gasteiger partial charge in [-0.1, -0.05) is 43.3 Å². The summed E-state index contributed by atoms with van der Waals surface area (Å²) < 4.78 is 5.81. The van der Waals surface area contributed by atoms with Gasteiger partial charge in [-0.15, -0.1) is 0 Å². The smallest absolute Gasteiger partial charge is 0.261 e. The first-order chi connectivity index (χ1) is 13.4. The lowest BCUT2D eigenvalue weighted by Gasteiger charge is -2.30. The van der Waals surface area contributed by atoms with Crippen molar-refractivity contribution in [1.29, 1.82) is 0 Å². The molecule has 2 aromatic rings. The molecule has 0 unspecified atom stereocenters. The van der Waals surface area contributed by atoms with Crippen molar-refractivity contribution < 1.29 is 14.3 Å². The molecule has 0 spiro atoms. The van der Waals surface area contributed by atoms with E-state index < -0.39 is 6.04 Å². The standard InChI is InChI=1S/C23H30N2O3/c1-6-20(23(27)24-5)25(14-19-10-8-7-9-17(19)3)22(26)15-28-21-13-16(2)11-12-18(21)4/h7-13,20H,6,14-15H2,1-5H3,(H,24,27)/t20-/m0/s1. The predicted molar refractivity (Wildman–Crippen MR) is 111 cm³/mol. The fourth-order valence-electron chi connectivity index (χ4n) is 3.14. The van der Waals surface area contributed by atoms with Crippen LogP contribution in [0.1, 0.15) is 35.6 Å². The molecule has 5 nitrogen and oxygen atoms in total. The van der Waals surface area contributed by atoms with Gasteiger partial charge in [-0.05, 0) is 55.5 Å². The summed E-state index contributed by atoms with van der Waals surface area (Å²) in [6, 6.07) is 13.3. The summed E-state index contributed by atoms with van der Waals surface area (Å²) >= 11 is 0. The average Bonchev–Trinajstić information content (AvgIpc) is 2.69. The summed E-state index contributed by atoms with van der Waals surface area (Å²) in [4.78, 5) is 27.1. The van der Waals surface area contributed by atoms with Gasteiger partial charge in [0.05, 0.1) is 0 Å². The Morgan fingerprint density at radius 3 is 2.43 bits per heavy atom. The summed E-state index contributed by atoms with van der Waals surface area (Å²) in [5, 5.41) is 2.67. The molecular formula is C23H30N2O3. The van der Waals surface area contributed by atoms with Crippen LogP contribution in [0, 0.1) is 20.8 Å². The molecule has 0 bridgehead atoms. The predicted octanol–water partition coefficient (Wildman–Crippen LogP) is 3.54. The minimum atomic E-state index is -0.542. The van der Waals surface area contributed by atoms with Gasteiger partial charge in [0.15, 0.2) is 6.61 Å². The number of benzene rings is 2. The maximum atomic E-state index is 13.1. The highest BCUT2D eigenvalue weighted by molar-refractivity contribution is 5.88. The van der Waals surface area contributed by atoms with Crippen LogP contribution in [0.25, 0.3) is 0 Å². The first-order valence-electron chi connectivity index (χ1n) is 9.63. The molecule has 2 amide bonds. The van der Waals surface area contributed by atoms with Crippen LogP contribution in [0.5, 0.6) is 5.75 Å². The molecule has 0 heterocycles. The van der Waals surface area contributed by atoms with E-state index in [0.29, 0.717) is 18.7 Å². The number of carbonyl (C=O) groups is 2. The van der Waals surface area contributed by atoms with E-state index in [1.54, 1.807) is 11.9 Å². The second-order valence-electron chi connectivity index (χ2n) is 7.04. The number of hydrogen-bond donors (Lipinski definition) is 1. The number of nitrogens with one attached hydrogen (secondary N) is 1. The van der Waals surface area contributed by atoms with Crippen LogP contribution >= 0.6 is 0 Å². The Hall–Kier alpha value is -2.82. The molecule has 0 radical (unpaired) electrons. The number of carbonyl (C=O) groups excluding carboxylic acids is 2.